The molecule has 0 bridgehead atoms. The van der Waals surface area contributed by atoms with Crippen LogP contribution in [0.1, 0.15) is 0 Å². The third-order valence-electron chi connectivity index (χ3n) is 1.58. The van der Waals surface area contributed by atoms with E-state index in [9.17, 15) is 12.8 Å². The highest BCUT2D eigenvalue weighted by Crippen LogP contribution is 2.20. The quantitative estimate of drug-likeness (QED) is 0.602. The largest absolute Gasteiger partial charge is 0.398 e. The van der Waals surface area contributed by atoms with E-state index in [0.717, 1.165) is 18.2 Å². The minimum absolute atomic E-state index is 0.109. The number of ether oxygens (including phenoxy) is 1. The van der Waals surface area contributed by atoms with Gasteiger partial charge in [-0.25, -0.2) is 12.8 Å². The molecule has 1 aromatic rings. The first-order valence-corrected chi connectivity index (χ1v) is 5.39. The molecule has 14 heavy (non-hydrogen) atoms. The van der Waals surface area contributed by atoms with Gasteiger partial charge < -0.3 is 10.5 Å². The van der Waals surface area contributed by atoms with Crippen LogP contribution in [0.5, 0.6) is 0 Å². The Hall–Kier alpha value is -1.14. The van der Waals surface area contributed by atoms with Crippen molar-refractivity contribution in [3.8, 4) is 0 Å². The maximum atomic E-state index is 12.6. The second-order valence-electron chi connectivity index (χ2n) is 2.70. The molecule has 0 aliphatic heterocycles. The van der Waals surface area contributed by atoms with E-state index in [0.29, 0.717) is 0 Å². The van der Waals surface area contributed by atoms with Gasteiger partial charge in [0.1, 0.15) is 5.82 Å². The molecule has 2 N–H and O–H groups in total. The maximum absolute atomic E-state index is 12.6. The molecule has 6 heteroatoms. The predicted octanol–water partition coefficient (Wildman–Crippen LogP) is 0.786. The van der Waals surface area contributed by atoms with E-state index >= 15 is 0 Å². The molecule has 0 atom stereocenters. The van der Waals surface area contributed by atoms with Gasteiger partial charge in [0, 0.05) is 7.11 Å². The standard InChI is InChI=1S/C8H10FNO3S/c1-13-5-14(11,12)8-3-2-6(9)4-7(8)10/h2-4H,5,10H2,1H3. The van der Waals surface area contributed by atoms with E-state index in [1.165, 1.54) is 7.11 Å². The van der Waals surface area contributed by atoms with Gasteiger partial charge in [-0.3, -0.25) is 0 Å². The van der Waals surface area contributed by atoms with Gasteiger partial charge in [0.25, 0.3) is 0 Å². The van der Waals surface area contributed by atoms with Gasteiger partial charge in [0.2, 0.25) is 9.84 Å². The molecule has 0 fully saturated rings. The number of hydrogen-bond acceptors (Lipinski definition) is 4. The van der Waals surface area contributed by atoms with Crippen LogP contribution in [-0.4, -0.2) is 21.5 Å². The molecule has 0 radical (unpaired) electrons. The zero-order chi connectivity index (χ0) is 10.8. The van der Waals surface area contributed by atoms with E-state index in [2.05, 4.69) is 4.74 Å². The number of nitrogen functional groups attached to an aromatic ring is 1. The van der Waals surface area contributed by atoms with Gasteiger partial charge >= 0.3 is 0 Å². The van der Waals surface area contributed by atoms with Crippen LogP contribution in [0.3, 0.4) is 0 Å². The molecule has 0 saturated heterocycles. The molecule has 0 aromatic heterocycles. The number of hydrogen-bond donors (Lipinski definition) is 1. The molecule has 4 nitrogen and oxygen atoms in total. The molecule has 0 unspecified atom stereocenters. The van der Waals surface area contributed by atoms with Crippen LogP contribution >= 0.6 is 0 Å². The minimum atomic E-state index is -3.57. The maximum Gasteiger partial charge on any atom is 0.204 e. The second-order valence-corrected chi connectivity index (χ2v) is 4.61. The lowest BCUT2D eigenvalue weighted by atomic mass is 10.3. The van der Waals surface area contributed by atoms with Gasteiger partial charge in [-0.1, -0.05) is 0 Å². The Morgan fingerprint density at radius 3 is 2.64 bits per heavy atom. The second kappa shape index (κ2) is 3.93. The molecule has 0 aliphatic carbocycles. The first kappa shape index (κ1) is 10.9. The van der Waals surface area contributed by atoms with E-state index < -0.39 is 21.6 Å². The summed E-state index contributed by atoms with van der Waals surface area (Å²) in [7, 11) is -2.31. The van der Waals surface area contributed by atoms with Crippen molar-refractivity contribution < 1.29 is 17.5 Å². The van der Waals surface area contributed by atoms with E-state index in [4.69, 9.17) is 5.73 Å². The third-order valence-corrected chi connectivity index (χ3v) is 3.17. The molecule has 1 aromatic carbocycles. The van der Waals surface area contributed by atoms with Crippen molar-refractivity contribution in [1.82, 2.24) is 0 Å². The fraction of sp³-hybridized carbons (Fsp3) is 0.250. The fourth-order valence-electron chi connectivity index (χ4n) is 1.02. The summed E-state index contributed by atoms with van der Waals surface area (Å²) >= 11 is 0. The summed E-state index contributed by atoms with van der Waals surface area (Å²) in [5, 5.41) is 0. The molecule has 0 amide bonds. The van der Waals surface area contributed by atoms with Gasteiger partial charge in [-0.2, -0.15) is 0 Å². The summed E-state index contributed by atoms with van der Waals surface area (Å²) in [5.41, 5.74) is 5.25. The highest BCUT2D eigenvalue weighted by Gasteiger charge is 2.17. The van der Waals surface area contributed by atoms with E-state index in [1.807, 2.05) is 0 Å². The number of sulfone groups is 1. The summed E-state index contributed by atoms with van der Waals surface area (Å²) in [5.74, 6) is -1.04. The Balaban J connectivity index is 3.20. The number of anilines is 1. The average molecular weight is 219 g/mol. The number of benzene rings is 1. The van der Waals surface area contributed by atoms with E-state index in [1.54, 1.807) is 0 Å². The SMILES string of the molecule is COCS(=O)(=O)c1ccc(F)cc1N. The van der Waals surface area contributed by atoms with Crippen molar-refractivity contribution in [1.29, 1.82) is 0 Å². The highest BCUT2D eigenvalue weighted by molar-refractivity contribution is 7.91. The smallest absolute Gasteiger partial charge is 0.204 e. The van der Waals surface area contributed by atoms with Crippen molar-refractivity contribution in [2.45, 2.75) is 4.90 Å². The zero-order valence-electron chi connectivity index (χ0n) is 7.53. The minimum Gasteiger partial charge on any atom is -0.398 e. The molecule has 0 aliphatic rings. The summed E-state index contributed by atoms with van der Waals surface area (Å²) in [6, 6.07) is 3.13. The normalized spacial score (nSPS) is 11.6. The van der Waals surface area contributed by atoms with Crippen LogP contribution in [0.2, 0.25) is 0 Å². The topological polar surface area (TPSA) is 69.4 Å². The summed E-state index contributed by atoms with van der Waals surface area (Å²) in [6.07, 6.45) is 0. The number of nitrogens with two attached hydrogens (primary N) is 1. The van der Waals surface area contributed by atoms with Gasteiger partial charge in [0.05, 0.1) is 10.6 Å². The van der Waals surface area contributed by atoms with Crippen LogP contribution in [0.15, 0.2) is 23.1 Å². The number of rotatable bonds is 3. The molecular weight excluding hydrogens is 209 g/mol. The summed E-state index contributed by atoms with van der Waals surface area (Å²) < 4.78 is 40.0. The molecule has 1 rings (SSSR count). The van der Waals surface area contributed by atoms with Gasteiger partial charge in [-0.15, -0.1) is 0 Å². The van der Waals surface area contributed by atoms with Gasteiger partial charge in [0.15, 0.2) is 5.94 Å². The Kier molecular flexibility index (Phi) is 3.07. The van der Waals surface area contributed by atoms with Crippen LogP contribution < -0.4 is 5.73 Å². The van der Waals surface area contributed by atoms with Crippen molar-refractivity contribution in [3.05, 3.63) is 24.0 Å². The Morgan fingerprint density at radius 2 is 2.14 bits per heavy atom. The monoisotopic (exact) mass is 219 g/mol. The highest BCUT2D eigenvalue weighted by atomic mass is 32.2. The van der Waals surface area contributed by atoms with Crippen LogP contribution in [0.25, 0.3) is 0 Å². The Labute approximate surface area is 81.4 Å². The van der Waals surface area contributed by atoms with Crippen molar-refractivity contribution in [2.75, 3.05) is 18.8 Å². The molecule has 0 spiro atoms. The number of halogens is 1. The van der Waals surface area contributed by atoms with E-state index in [-0.39, 0.29) is 10.6 Å². The molecule has 78 valence electrons. The molecule has 0 heterocycles. The van der Waals surface area contributed by atoms with Gasteiger partial charge in [-0.05, 0) is 18.2 Å². The van der Waals surface area contributed by atoms with Crippen LogP contribution in [0.4, 0.5) is 10.1 Å². The predicted molar refractivity (Wildman–Crippen MR) is 49.9 cm³/mol. The van der Waals surface area contributed by atoms with Crippen LogP contribution in [0, 0.1) is 5.82 Å². The Morgan fingerprint density at radius 1 is 1.50 bits per heavy atom. The first-order chi connectivity index (χ1) is 6.47. The van der Waals surface area contributed by atoms with Crippen molar-refractivity contribution >= 4 is 15.5 Å². The average Bonchev–Trinajstić information content (AvgIpc) is 2.02. The molecule has 0 saturated carbocycles. The first-order valence-electron chi connectivity index (χ1n) is 3.74. The lowest BCUT2D eigenvalue weighted by Crippen LogP contribution is -2.10. The number of methoxy groups -OCH3 is 1. The van der Waals surface area contributed by atoms with Crippen molar-refractivity contribution in [2.24, 2.45) is 0 Å². The van der Waals surface area contributed by atoms with Crippen LogP contribution in [-0.2, 0) is 14.6 Å². The fourth-order valence-corrected chi connectivity index (χ4v) is 2.15. The summed E-state index contributed by atoms with van der Waals surface area (Å²) in [4.78, 5) is -0.110. The molecular formula is C8H10FNO3S. The van der Waals surface area contributed by atoms with Crippen molar-refractivity contribution in [3.63, 3.8) is 0 Å². The third kappa shape index (κ3) is 2.21. The summed E-state index contributed by atoms with van der Waals surface area (Å²) in [6.45, 7) is 0. The Bertz CT molecular complexity index is 430. The zero-order valence-corrected chi connectivity index (χ0v) is 8.34. The lowest BCUT2D eigenvalue weighted by Gasteiger charge is -2.05. The lowest BCUT2D eigenvalue weighted by molar-refractivity contribution is 0.250.